The predicted molar refractivity (Wildman–Crippen MR) is 87.3 cm³/mol. The Hall–Kier alpha value is -1.64. The highest BCUT2D eigenvalue weighted by molar-refractivity contribution is 7.89. The van der Waals surface area contributed by atoms with Gasteiger partial charge in [0.1, 0.15) is 16.7 Å². The normalized spacial score (nSPS) is 27.1. The average Bonchev–Trinajstić information content (AvgIpc) is 2.80. The fraction of sp³-hybridized carbons (Fsp3) is 0.562. The summed E-state index contributed by atoms with van der Waals surface area (Å²) in [6.07, 6.45) is 1.01. The van der Waals surface area contributed by atoms with E-state index in [0.29, 0.717) is 31.7 Å². The molecule has 0 N–H and O–H groups in total. The summed E-state index contributed by atoms with van der Waals surface area (Å²) in [7, 11) is -0.620. The lowest BCUT2D eigenvalue weighted by molar-refractivity contribution is -0.141. The molecule has 1 saturated heterocycles. The van der Waals surface area contributed by atoms with Gasteiger partial charge in [-0.3, -0.25) is 9.69 Å². The summed E-state index contributed by atoms with van der Waals surface area (Å²) in [6.45, 7) is 1.49. The average molecular weight is 354 g/mol. The molecular formula is C16H22N2O5S. The molecule has 2 aliphatic heterocycles. The zero-order valence-electron chi connectivity index (χ0n) is 13.8. The molecule has 24 heavy (non-hydrogen) atoms. The standard InChI is InChI=1S/C16H22N2O5S/c1-17-12-7-9-18(11-16(19)22-2)10-8-13(12)23-14-5-3-4-6-15(14)24(17,20)21/h3-6,12-13H,7-11H2,1-2H3/t12-,13-/m1/s1. The molecule has 0 aliphatic carbocycles. The van der Waals surface area contributed by atoms with Gasteiger partial charge < -0.3 is 9.47 Å². The van der Waals surface area contributed by atoms with Crippen LogP contribution in [0.3, 0.4) is 0 Å². The second-order valence-electron chi connectivity index (χ2n) is 6.12. The molecule has 2 atom stereocenters. The van der Waals surface area contributed by atoms with E-state index in [1.54, 1.807) is 31.3 Å². The van der Waals surface area contributed by atoms with Crippen molar-refractivity contribution in [3.63, 3.8) is 0 Å². The molecule has 132 valence electrons. The van der Waals surface area contributed by atoms with E-state index in [1.807, 2.05) is 4.90 Å². The van der Waals surface area contributed by atoms with Gasteiger partial charge in [-0.05, 0) is 25.0 Å². The minimum atomic E-state index is -3.59. The molecule has 0 saturated carbocycles. The fourth-order valence-corrected chi connectivity index (χ4v) is 4.86. The van der Waals surface area contributed by atoms with E-state index >= 15 is 0 Å². The minimum Gasteiger partial charge on any atom is -0.487 e. The van der Waals surface area contributed by atoms with Crippen molar-refractivity contribution >= 4 is 16.0 Å². The Morgan fingerprint density at radius 3 is 2.75 bits per heavy atom. The van der Waals surface area contributed by atoms with Crippen molar-refractivity contribution in [3.8, 4) is 5.75 Å². The number of methoxy groups -OCH3 is 1. The zero-order chi connectivity index (χ0) is 17.3. The van der Waals surface area contributed by atoms with Crippen LogP contribution in [0.2, 0.25) is 0 Å². The molecule has 0 radical (unpaired) electrons. The van der Waals surface area contributed by atoms with Crippen LogP contribution in [0, 0.1) is 0 Å². The fourth-order valence-electron chi connectivity index (χ4n) is 3.33. The van der Waals surface area contributed by atoms with Crippen LogP contribution in [0.4, 0.5) is 0 Å². The number of sulfonamides is 1. The maximum atomic E-state index is 12.9. The lowest BCUT2D eigenvalue weighted by Crippen LogP contribution is -2.44. The molecule has 0 amide bonds. The molecule has 2 aliphatic rings. The largest absolute Gasteiger partial charge is 0.487 e. The van der Waals surface area contributed by atoms with Gasteiger partial charge in [0.2, 0.25) is 10.0 Å². The molecule has 0 spiro atoms. The van der Waals surface area contributed by atoms with Crippen LogP contribution in [0.15, 0.2) is 29.2 Å². The summed E-state index contributed by atoms with van der Waals surface area (Å²) >= 11 is 0. The SMILES string of the molecule is COC(=O)CN1CC[C@@H]2[C@@H](CC1)Oc1ccccc1S(=O)(=O)N2C. The number of esters is 1. The number of carbonyl (C=O) groups excluding carboxylic acids is 1. The van der Waals surface area contributed by atoms with Crippen molar-refractivity contribution in [2.24, 2.45) is 0 Å². The summed E-state index contributed by atoms with van der Waals surface area (Å²) in [6, 6.07) is 6.49. The number of likely N-dealkylation sites (N-methyl/N-ethyl adjacent to an activating group) is 1. The van der Waals surface area contributed by atoms with E-state index in [1.165, 1.54) is 11.4 Å². The number of rotatable bonds is 2. The zero-order valence-corrected chi connectivity index (χ0v) is 14.7. The lowest BCUT2D eigenvalue weighted by atomic mass is 10.1. The summed E-state index contributed by atoms with van der Waals surface area (Å²) in [5.74, 6) is 0.114. The van der Waals surface area contributed by atoms with Crippen molar-refractivity contribution in [2.45, 2.75) is 29.9 Å². The number of nitrogens with zero attached hydrogens (tertiary/aromatic N) is 2. The number of likely N-dealkylation sites (tertiary alicyclic amines) is 1. The maximum absolute atomic E-state index is 12.9. The van der Waals surface area contributed by atoms with Crippen LogP contribution in [0.25, 0.3) is 0 Å². The van der Waals surface area contributed by atoms with E-state index < -0.39 is 10.0 Å². The van der Waals surface area contributed by atoms with Crippen molar-refractivity contribution in [2.75, 3.05) is 33.8 Å². The molecule has 0 bridgehead atoms. The Kier molecular flexibility index (Phi) is 4.80. The van der Waals surface area contributed by atoms with Gasteiger partial charge in [-0.15, -0.1) is 0 Å². The quantitative estimate of drug-likeness (QED) is 0.728. The Labute approximate surface area is 142 Å². The van der Waals surface area contributed by atoms with Crippen LogP contribution in [0.5, 0.6) is 5.75 Å². The van der Waals surface area contributed by atoms with E-state index in [2.05, 4.69) is 0 Å². The van der Waals surface area contributed by atoms with Crippen LogP contribution >= 0.6 is 0 Å². The summed E-state index contributed by atoms with van der Waals surface area (Å²) < 4.78 is 37.9. The Morgan fingerprint density at radius 1 is 1.29 bits per heavy atom. The van der Waals surface area contributed by atoms with Gasteiger partial charge in [0.15, 0.2) is 0 Å². The number of hydrogen-bond donors (Lipinski definition) is 0. The molecule has 1 aromatic carbocycles. The molecule has 8 heteroatoms. The molecule has 0 unspecified atom stereocenters. The second-order valence-corrected chi connectivity index (χ2v) is 8.09. The third kappa shape index (κ3) is 3.13. The lowest BCUT2D eigenvalue weighted by Gasteiger charge is -2.28. The van der Waals surface area contributed by atoms with Crippen molar-refractivity contribution in [1.82, 2.24) is 9.21 Å². The number of ether oxygens (including phenoxy) is 2. The first kappa shape index (κ1) is 17.2. The molecule has 3 rings (SSSR count). The molecule has 1 aromatic rings. The monoisotopic (exact) mass is 354 g/mol. The smallest absolute Gasteiger partial charge is 0.319 e. The number of hydrogen-bond acceptors (Lipinski definition) is 6. The summed E-state index contributed by atoms with van der Waals surface area (Å²) in [4.78, 5) is 13.7. The van der Waals surface area contributed by atoms with Crippen LogP contribution in [-0.4, -0.2) is 69.5 Å². The number of para-hydroxylation sites is 1. The van der Waals surface area contributed by atoms with Gasteiger partial charge in [0.05, 0.1) is 19.7 Å². The highest BCUT2D eigenvalue weighted by Crippen LogP contribution is 2.35. The van der Waals surface area contributed by atoms with Gasteiger partial charge in [-0.25, -0.2) is 8.42 Å². The Bertz CT molecular complexity index is 721. The Morgan fingerprint density at radius 2 is 2.00 bits per heavy atom. The molecular weight excluding hydrogens is 332 g/mol. The van der Waals surface area contributed by atoms with E-state index in [0.717, 1.165) is 0 Å². The topological polar surface area (TPSA) is 76.1 Å². The summed E-state index contributed by atoms with van der Waals surface area (Å²) in [5.41, 5.74) is 0. The predicted octanol–water partition coefficient (Wildman–Crippen LogP) is 0.705. The van der Waals surface area contributed by atoms with Gasteiger partial charge in [-0.2, -0.15) is 4.31 Å². The Balaban J connectivity index is 1.87. The highest BCUT2D eigenvalue weighted by Gasteiger charge is 2.41. The first-order valence-corrected chi connectivity index (χ1v) is 9.40. The van der Waals surface area contributed by atoms with Crippen LogP contribution in [-0.2, 0) is 19.6 Å². The van der Waals surface area contributed by atoms with E-state index in [4.69, 9.17) is 9.47 Å². The first-order chi connectivity index (χ1) is 11.4. The first-order valence-electron chi connectivity index (χ1n) is 7.96. The van der Waals surface area contributed by atoms with Crippen molar-refractivity contribution in [3.05, 3.63) is 24.3 Å². The maximum Gasteiger partial charge on any atom is 0.319 e. The van der Waals surface area contributed by atoms with Crippen LogP contribution in [0.1, 0.15) is 12.8 Å². The number of carbonyl (C=O) groups is 1. The van der Waals surface area contributed by atoms with Gasteiger partial charge in [-0.1, -0.05) is 12.1 Å². The van der Waals surface area contributed by atoms with Crippen LogP contribution < -0.4 is 4.74 Å². The van der Waals surface area contributed by atoms with E-state index in [-0.39, 0.29) is 29.6 Å². The van der Waals surface area contributed by atoms with E-state index in [9.17, 15) is 13.2 Å². The molecule has 1 fully saturated rings. The van der Waals surface area contributed by atoms with Gasteiger partial charge in [0, 0.05) is 20.1 Å². The number of benzene rings is 1. The third-order valence-electron chi connectivity index (χ3n) is 4.73. The molecule has 2 heterocycles. The van der Waals surface area contributed by atoms with Gasteiger partial charge >= 0.3 is 5.97 Å². The van der Waals surface area contributed by atoms with Crippen molar-refractivity contribution in [1.29, 1.82) is 0 Å². The second kappa shape index (κ2) is 6.70. The minimum absolute atomic E-state index is 0.211. The molecule has 0 aromatic heterocycles. The molecule has 7 nitrogen and oxygen atoms in total. The van der Waals surface area contributed by atoms with Crippen molar-refractivity contribution < 1.29 is 22.7 Å². The highest BCUT2D eigenvalue weighted by atomic mass is 32.2. The number of fused-ring (bicyclic) bond motifs is 2. The summed E-state index contributed by atoms with van der Waals surface area (Å²) in [5, 5.41) is 0. The third-order valence-corrected chi connectivity index (χ3v) is 6.65. The van der Waals surface area contributed by atoms with Gasteiger partial charge in [0.25, 0.3) is 0 Å².